The Labute approximate surface area is 493 Å². The van der Waals surface area contributed by atoms with Crippen molar-refractivity contribution in [2.24, 2.45) is 0 Å². The number of hydrogen-bond donors (Lipinski definition) is 0. The fraction of sp³-hybridized carbons (Fsp3) is 0.154. The summed E-state index contributed by atoms with van der Waals surface area (Å²) < 4.78 is 78.0. The first-order valence-corrected chi connectivity index (χ1v) is 28.6. The Morgan fingerprint density at radius 1 is 0.341 bits per heavy atom. The van der Waals surface area contributed by atoms with Crippen molar-refractivity contribution < 1.29 is 11.0 Å². The molecule has 13 aromatic rings. The van der Waals surface area contributed by atoms with E-state index in [-0.39, 0.29) is 62.2 Å². The average molecular weight is 1060 g/mol. The molecule has 82 heavy (non-hydrogen) atoms. The first-order valence-electron chi connectivity index (χ1n) is 32.6. The van der Waals surface area contributed by atoms with Gasteiger partial charge in [0, 0.05) is 49.9 Å². The molecule has 396 valence electrons. The van der Waals surface area contributed by atoms with Crippen LogP contribution in [0.3, 0.4) is 0 Å². The van der Waals surface area contributed by atoms with Crippen LogP contribution in [0.4, 0.5) is 17.1 Å². The summed E-state index contributed by atoms with van der Waals surface area (Å²) in [5, 5.41) is 6.70. The van der Waals surface area contributed by atoms with Gasteiger partial charge in [0.25, 0.3) is 6.71 Å². The fourth-order valence-corrected chi connectivity index (χ4v) is 13.2. The van der Waals surface area contributed by atoms with E-state index in [1.165, 1.54) is 11.1 Å². The average Bonchev–Trinajstić information content (AvgIpc) is 1.04. The highest BCUT2D eigenvalue weighted by Crippen LogP contribution is 2.48. The Bertz CT molecular complexity index is 5260. The Morgan fingerprint density at radius 3 is 1.51 bits per heavy atom. The lowest BCUT2D eigenvalue weighted by Gasteiger charge is -2.41. The van der Waals surface area contributed by atoms with Crippen molar-refractivity contribution in [2.45, 2.75) is 78.6 Å². The molecule has 15 rings (SSSR count). The van der Waals surface area contributed by atoms with Crippen LogP contribution in [-0.4, -0.2) is 15.8 Å². The zero-order valence-corrected chi connectivity index (χ0v) is 47.8. The second-order valence-electron chi connectivity index (χ2n) is 25.6. The quantitative estimate of drug-likeness (QED) is 0.160. The summed E-state index contributed by atoms with van der Waals surface area (Å²) in [6.07, 6.45) is 0. The highest BCUT2D eigenvalue weighted by atomic mass is 15.2. The summed E-state index contributed by atoms with van der Waals surface area (Å²) in [4.78, 5) is 2.38. The van der Waals surface area contributed by atoms with Crippen LogP contribution in [0.1, 0.15) is 90.0 Å². The largest absolute Gasteiger partial charge is 0.311 e. The predicted molar refractivity (Wildman–Crippen MR) is 354 cm³/mol. The van der Waals surface area contributed by atoms with Crippen LogP contribution >= 0.6 is 0 Å². The fourth-order valence-electron chi connectivity index (χ4n) is 13.2. The minimum atomic E-state index is -0.483. The van der Waals surface area contributed by atoms with E-state index >= 15 is 0 Å². The molecule has 0 saturated carbocycles. The topological polar surface area (TPSA) is 13.1 Å². The maximum Gasteiger partial charge on any atom is 0.252 e. The van der Waals surface area contributed by atoms with Crippen LogP contribution in [0, 0.1) is 0 Å². The molecule has 0 radical (unpaired) electrons. The van der Waals surface area contributed by atoms with Crippen molar-refractivity contribution >= 4 is 105 Å². The van der Waals surface area contributed by atoms with E-state index in [9.17, 15) is 5.48 Å². The second-order valence-corrected chi connectivity index (χ2v) is 25.6. The molecule has 0 saturated heterocycles. The third kappa shape index (κ3) is 7.71. The van der Waals surface area contributed by atoms with Gasteiger partial charge in [0.15, 0.2) is 0 Å². The standard InChI is InChI=1S/C78H66BN3/c1-76(2,3)52-36-41-70(64(47-52)49-23-11-10-12-24-49)81-71-42-38-63-59-28-16-14-26-57(59)56-25-13-15-27-58(56)60-29-17-22-34-69(60)82-72-45-50(51-43-53(77(4,5)6)46-54(44-51)78(7,8)9)35-39-65(72)79(74(71)75(63)82)66-40-37-55(48-73(66)81)80-67-32-20-18-30-61(67)62-31-19-21-33-68(62)80/h10-48H,1-9H3/i18D,19D,20D,21D,30D,31D,32D,33D. The molecule has 0 spiro atoms. The smallest absolute Gasteiger partial charge is 0.252 e. The lowest BCUT2D eigenvalue weighted by molar-refractivity contribution is 0.569. The van der Waals surface area contributed by atoms with Gasteiger partial charge in [0.1, 0.15) is 0 Å². The van der Waals surface area contributed by atoms with Crippen LogP contribution in [0.5, 0.6) is 0 Å². The molecule has 4 heterocycles. The number of aromatic nitrogens is 2. The van der Waals surface area contributed by atoms with Crippen LogP contribution in [0.2, 0.25) is 0 Å². The van der Waals surface area contributed by atoms with Crippen molar-refractivity contribution in [2.75, 3.05) is 4.90 Å². The van der Waals surface area contributed by atoms with Gasteiger partial charge in [0.2, 0.25) is 0 Å². The molecule has 0 fully saturated rings. The summed E-state index contributed by atoms with van der Waals surface area (Å²) >= 11 is 0. The van der Waals surface area contributed by atoms with Crippen molar-refractivity contribution in [3.05, 3.63) is 253 Å². The summed E-state index contributed by atoms with van der Waals surface area (Å²) in [5.41, 5.74) is 17.0. The number of fused-ring (bicyclic) bond motifs is 15. The molecule has 0 aliphatic carbocycles. The van der Waals surface area contributed by atoms with Gasteiger partial charge in [-0.05, 0) is 142 Å². The summed E-state index contributed by atoms with van der Waals surface area (Å²) in [7, 11) is 0. The molecule has 0 amide bonds. The molecule has 3 nitrogen and oxygen atoms in total. The number of para-hydroxylation sites is 3. The molecular weight excluding hydrogens is 990 g/mol. The van der Waals surface area contributed by atoms with Gasteiger partial charge in [-0.25, -0.2) is 0 Å². The van der Waals surface area contributed by atoms with Gasteiger partial charge in [-0.3, -0.25) is 0 Å². The molecule has 2 aromatic heterocycles. The van der Waals surface area contributed by atoms with Gasteiger partial charge in [-0.15, -0.1) is 0 Å². The Balaban J connectivity index is 1.16. The maximum atomic E-state index is 9.60. The zero-order valence-electron chi connectivity index (χ0n) is 55.8. The third-order valence-corrected chi connectivity index (χ3v) is 17.4. The van der Waals surface area contributed by atoms with Crippen LogP contribution in [-0.2, 0) is 16.2 Å². The Morgan fingerprint density at radius 2 is 0.878 bits per heavy atom. The molecule has 0 bridgehead atoms. The number of hydrogen-bond acceptors (Lipinski definition) is 1. The van der Waals surface area contributed by atoms with Crippen molar-refractivity contribution in [1.29, 1.82) is 0 Å². The van der Waals surface area contributed by atoms with Crippen LogP contribution in [0.15, 0.2) is 236 Å². The minimum absolute atomic E-state index is 0.0315. The van der Waals surface area contributed by atoms with Gasteiger partial charge in [-0.2, -0.15) is 0 Å². The molecule has 2 aliphatic heterocycles. The van der Waals surface area contributed by atoms with E-state index in [4.69, 9.17) is 5.48 Å². The monoisotopic (exact) mass is 1060 g/mol. The Hall–Kier alpha value is -9.12. The van der Waals surface area contributed by atoms with E-state index in [1.807, 2.05) is 12.1 Å². The normalized spacial score (nSPS) is 14.5. The lowest BCUT2D eigenvalue weighted by atomic mass is 9.33. The minimum Gasteiger partial charge on any atom is -0.311 e. The molecule has 0 atom stereocenters. The number of nitrogens with zero attached hydrogens (tertiary/aromatic N) is 3. The van der Waals surface area contributed by atoms with Gasteiger partial charge in [-0.1, -0.05) is 244 Å². The molecule has 0 N–H and O–H groups in total. The van der Waals surface area contributed by atoms with Crippen LogP contribution < -0.4 is 21.3 Å². The molecular formula is C78H66BN3. The third-order valence-electron chi connectivity index (χ3n) is 17.4. The number of rotatable bonds is 4. The van der Waals surface area contributed by atoms with E-state index in [0.29, 0.717) is 5.69 Å². The predicted octanol–water partition coefficient (Wildman–Crippen LogP) is 19.2. The van der Waals surface area contributed by atoms with Gasteiger partial charge in [0.05, 0.1) is 38.7 Å². The Kier molecular flexibility index (Phi) is 9.28. The summed E-state index contributed by atoms with van der Waals surface area (Å²) in [5.74, 6) is 0. The van der Waals surface area contributed by atoms with Crippen LogP contribution in [0.25, 0.3) is 98.8 Å². The van der Waals surface area contributed by atoms with E-state index in [2.05, 4.69) is 248 Å². The van der Waals surface area contributed by atoms with Crippen molar-refractivity contribution in [3.63, 3.8) is 0 Å². The first-order chi connectivity index (χ1) is 42.9. The molecule has 11 aromatic carbocycles. The number of benzene rings is 11. The molecule has 0 unspecified atom stereocenters. The highest BCUT2D eigenvalue weighted by Gasteiger charge is 2.42. The van der Waals surface area contributed by atoms with Gasteiger partial charge < -0.3 is 14.0 Å². The lowest BCUT2D eigenvalue weighted by Crippen LogP contribution is -2.60. The SMILES string of the molecule is [2H]c1c([2H])c([2H])c2c(c1[2H])c1c([2H])c([2H])c([2H])c([2H])c1n2-c1ccc2c(c1)N(c1ccc(C(C)(C)C)cc1-c1ccccc1)c1ccc3c4ccccc4c4ccccc4c4ccccc4n4c3c1B2c1ccc(-c2cc(C(C)(C)C)cc(C(C)(C)C)c2)cc1-4. The van der Waals surface area contributed by atoms with Crippen molar-refractivity contribution in [3.8, 4) is 33.6 Å². The maximum absolute atomic E-state index is 9.60. The number of anilines is 3. The van der Waals surface area contributed by atoms with E-state index in [1.54, 1.807) is 4.57 Å². The van der Waals surface area contributed by atoms with Crippen molar-refractivity contribution in [1.82, 2.24) is 9.13 Å². The van der Waals surface area contributed by atoms with E-state index < -0.39 is 30.9 Å². The summed E-state index contributed by atoms with van der Waals surface area (Å²) in [6, 6.07) is 65.3. The highest BCUT2D eigenvalue weighted by molar-refractivity contribution is 7.00. The van der Waals surface area contributed by atoms with Gasteiger partial charge >= 0.3 is 0 Å². The molecule has 4 heteroatoms. The molecule has 2 aliphatic rings. The second kappa shape index (κ2) is 18.2. The van der Waals surface area contributed by atoms with E-state index in [0.717, 1.165) is 110 Å². The zero-order chi connectivity index (χ0) is 62.9. The first kappa shape index (κ1) is 41.8. The summed E-state index contributed by atoms with van der Waals surface area (Å²) in [6.45, 7) is 20.0.